The number of anilines is 1. The van der Waals surface area contributed by atoms with Crippen molar-refractivity contribution >= 4 is 28.4 Å². The van der Waals surface area contributed by atoms with Crippen LogP contribution in [-0.2, 0) is 16.0 Å². The van der Waals surface area contributed by atoms with Gasteiger partial charge in [-0.1, -0.05) is 25.1 Å². The van der Waals surface area contributed by atoms with E-state index in [2.05, 4.69) is 18.3 Å². The van der Waals surface area contributed by atoms with Crippen molar-refractivity contribution in [2.45, 2.75) is 33.6 Å². The summed E-state index contributed by atoms with van der Waals surface area (Å²) in [6, 6.07) is 8.11. The lowest BCUT2D eigenvalue weighted by Crippen LogP contribution is -2.50. The van der Waals surface area contributed by atoms with Gasteiger partial charge in [0.15, 0.2) is 0 Å². The fourth-order valence-electron chi connectivity index (χ4n) is 3.73. The molecule has 0 atom stereocenters. The van der Waals surface area contributed by atoms with E-state index in [1.807, 2.05) is 30.0 Å². The summed E-state index contributed by atoms with van der Waals surface area (Å²) in [6.07, 6.45) is 1.34. The molecule has 1 fully saturated rings. The van der Waals surface area contributed by atoms with E-state index in [4.69, 9.17) is 4.98 Å². The molecule has 1 aromatic carbocycles. The standard InChI is InChI=1S/C21H28N4O2/c1-4-17-15(2)23-19-8-6-5-7-18(19)21(17)22-10-9-20(27)25-13-11-24(12-14-25)16(3)26/h5-8H,4,9-14H2,1-3H3,(H,22,23). The average Bonchev–Trinajstić information content (AvgIpc) is 2.67. The van der Waals surface area contributed by atoms with Gasteiger partial charge in [-0.25, -0.2) is 0 Å². The summed E-state index contributed by atoms with van der Waals surface area (Å²) in [4.78, 5) is 32.3. The smallest absolute Gasteiger partial charge is 0.224 e. The average molecular weight is 368 g/mol. The number of piperazine rings is 1. The number of carbonyl (C=O) groups is 2. The maximum absolute atomic E-state index is 12.5. The summed E-state index contributed by atoms with van der Waals surface area (Å²) in [7, 11) is 0. The van der Waals surface area contributed by atoms with Crippen LogP contribution in [0.15, 0.2) is 24.3 Å². The van der Waals surface area contributed by atoms with Crippen LogP contribution in [0.4, 0.5) is 5.69 Å². The number of pyridine rings is 1. The van der Waals surface area contributed by atoms with Crippen molar-refractivity contribution in [2.24, 2.45) is 0 Å². The highest BCUT2D eigenvalue weighted by Gasteiger charge is 2.22. The van der Waals surface area contributed by atoms with Crippen LogP contribution < -0.4 is 5.32 Å². The molecule has 1 aliphatic heterocycles. The molecule has 27 heavy (non-hydrogen) atoms. The van der Waals surface area contributed by atoms with E-state index in [9.17, 15) is 9.59 Å². The van der Waals surface area contributed by atoms with Gasteiger partial charge in [0.1, 0.15) is 0 Å². The van der Waals surface area contributed by atoms with Crippen molar-refractivity contribution in [1.82, 2.24) is 14.8 Å². The second-order valence-corrected chi connectivity index (χ2v) is 6.99. The minimum atomic E-state index is 0.0794. The monoisotopic (exact) mass is 368 g/mol. The Labute approximate surface area is 160 Å². The molecule has 1 saturated heterocycles. The van der Waals surface area contributed by atoms with E-state index in [0.29, 0.717) is 39.1 Å². The van der Waals surface area contributed by atoms with Crippen molar-refractivity contribution < 1.29 is 9.59 Å². The highest BCUT2D eigenvalue weighted by Crippen LogP contribution is 2.28. The van der Waals surface area contributed by atoms with Gasteiger partial charge in [0, 0.05) is 62.8 Å². The van der Waals surface area contributed by atoms with Gasteiger partial charge in [-0.05, 0) is 25.0 Å². The zero-order valence-electron chi connectivity index (χ0n) is 16.4. The number of aryl methyl sites for hydroxylation is 1. The van der Waals surface area contributed by atoms with Crippen LogP contribution in [0.2, 0.25) is 0 Å². The van der Waals surface area contributed by atoms with Gasteiger partial charge in [-0.15, -0.1) is 0 Å². The number of hydrogen-bond acceptors (Lipinski definition) is 4. The Balaban J connectivity index is 1.64. The predicted molar refractivity (Wildman–Crippen MR) is 108 cm³/mol. The van der Waals surface area contributed by atoms with Crippen molar-refractivity contribution in [3.05, 3.63) is 35.5 Å². The Kier molecular flexibility index (Phi) is 5.94. The SMILES string of the molecule is CCc1c(C)nc2ccccc2c1NCCC(=O)N1CCN(C(C)=O)CC1. The first-order valence-electron chi connectivity index (χ1n) is 9.66. The fraction of sp³-hybridized carbons (Fsp3) is 0.476. The van der Waals surface area contributed by atoms with Crippen molar-refractivity contribution in [1.29, 1.82) is 0 Å². The summed E-state index contributed by atoms with van der Waals surface area (Å²) in [5.74, 6) is 0.217. The third-order valence-electron chi connectivity index (χ3n) is 5.27. The number of rotatable bonds is 5. The highest BCUT2D eigenvalue weighted by molar-refractivity contribution is 5.93. The van der Waals surface area contributed by atoms with Crippen molar-refractivity contribution in [2.75, 3.05) is 38.0 Å². The topological polar surface area (TPSA) is 65.5 Å². The lowest BCUT2D eigenvalue weighted by molar-refractivity contribution is -0.138. The number of aromatic nitrogens is 1. The van der Waals surface area contributed by atoms with Crippen LogP contribution in [0, 0.1) is 6.92 Å². The molecular weight excluding hydrogens is 340 g/mol. The van der Waals surface area contributed by atoms with Crippen LogP contribution in [0.1, 0.15) is 31.5 Å². The number of amides is 2. The van der Waals surface area contributed by atoms with Gasteiger partial charge in [-0.3, -0.25) is 14.6 Å². The highest BCUT2D eigenvalue weighted by atomic mass is 16.2. The van der Waals surface area contributed by atoms with Crippen molar-refractivity contribution in [3.8, 4) is 0 Å². The first-order valence-corrected chi connectivity index (χ1v) is 9.66. The van der Waals surface area contributed by atoms with Crippen LogP contribution in [0.3, 0.4) is 0 Å². The Morgan fingerprint density at radius 2 is 1.78 bits per heavy atom. The van der Waals surface area contributed by atoms with Gasteiger partial charge < -0.3 is 15.1 Å². The summed E-state index contributed by atoms with van der Waals surface area (Å²) in [6.45, 7) is 8.83. The van der Waals surface area contributed by atoms with E-state index in [1.165, 1.54) is 5.56 Å². The minimum absolute atomic E-state index is 0.0794. The molecule has 0 saturated carbocycles. The van der Waals surface area contributed by atoms with E-state index in [-0.39, 0.29) is 11.8 Å². The number of carbonyl (C=O) groups excluding carboxylic acids is 2. The zero-order chi connectivity index (χ0) is 19.4. The van der Waals surface area contributed by atoms with Crippen LogP contribution in [-0.4, -0.2) is 59.3 Å². The Hall–Kier alpha value is -2.63. The molecule has 6 heteroatoms. The number of hydrogen-bond donors (Lipinski definition) is 1. The maximum atomic E-state index is 12.5. The lowest BCUT2D eigenvalue weighted by atomic mass is 10.0. The molecule has 2 amide bonds. The molecule has 0 unspecified atom stereocenters. The van der Waals surface area contributed by atoms with E-state index < -0.39 is 0 Å². The molecule has 0 spiro atoms. The molecule has 6 nitrogen and oxygen atoms in total. The third-order valence-corrected chi connectivity index (χ3v) is 5.27. The van der Waals surface area contributed by atoms with Gasteiger partial charge in [-0.2, -0.15) is 0 Å². The summed E-state index contributed by atoms with van der Waals surface area (Å²) in [5, 5.41) is 4.59. The molecule has 0 radical (unpaired) electrons. The Morgan fingerprint density at radius 3 is 2.44 bits per heavy atom. The predicted octanol–water partition coefficient (Wildman–Crippen LogP) is 2.60. The quantitative estimate of drug-likeness (QED) is 0.881. The first kappa shape index (κ1) is 19.1. The van der Waals surface area contributed by atoms with Crippen molar-refractivity contribution in [3.63, 3.8) is 0 Å². The molecule has 0 aliphatic carbocycles. The van der Waals surface area contributed by atoms with Gasteiger partial charge in [0.05, 0.1) is 5.52 Å². The number of para-hydroxylation sites is 1. The molecule has 1 aromatic heterocycles. The molecule has 2 heterocycles. The van der Waals surface area contributed by atoms with Crippen LogP contribution in [0.25, 0.3) is 10.9 Å². The van der Waals surface area contributed by atoms with Crippen LogP contribution in [0.5, 0.6) is 0 Å². The number of nitrogens with one attached hydrogen (secondary N) is 1. The van der Waals surface area contributed by atoms with Gasteiger partial charge >= 0.3 is 0 Å². The Bertz CT molecular complexity index is 841. The normalized spacial score (nSPS) is 14.5. The van der Waals surface area contributed by atoms with Gasteiger partial charge in [0.2, 0.25) is 11.8 Å². The zero-order valence-corrected chi connectivity index (χ0v) is 16.4. The molecule has 1 aliphatic rings. The third kappa shape index (κ3) is 4.21. The second-order valence-electron chi connectivity index (χ2n) is 6.99. The molecule has 144 valence electrons. The van der Waals surface area contributed by atoms with Crippen LogP contribution >= 0.6 is 0 Å². The number of benzene rings is 1. The molecular formula is C21H28N4O2. The number of nitrogens with zero attached hydrogens (tertiary/aromatic N) is 3. The molecule has 1 N–H and O–H groups in total. The molecule has 3 rings (SSSR count). The van der Waals surface area contributed by atoms with E-state index in [1.54, 1.807) is 11.8 Å². The lowest BCUT2D eigenvalue weighted by Gasteiger charge is -2.34. The maximum Gasteiger partial charge on any atom is 0.224 e. The van der Waals surface area contributed by atoms with E-state index in [0.717, 1.165) is 28.7 Å². The Morgan fingerprint density at radius 1 is 1.11 bits per heavy atom. The summed E-state index contributed by atoms with van der Waals surface area (Å²) >= 11 is 0. The fourth-order valence-corrected chi connectivity index (χ4v) is 3.73. The second kappa shape index (κ2) is 8.37. The minimum Gasteiger partial charge on any atom is -0.384 e. The first-order chi connectivity index (χ1) is 13.0. The summed E-state index contributed by atoms with van der Waals surface area (Å²) in [5.41, 5.74) is 4.30. The molecule has 2 aromatic rings. The van der Waals surface area contributed by atoms with E-state index >= 15 is 0 Å². The summed E-state index contributed by atoms with van der Waals surface area (Å²) < 4.78 is 0. The molecule has 0 bridgehead atoms. The van der Waals surface area contributed by atoms with Gasteiger partial charge in [0.25, 0.3) is 0 Å². The largest absolute Gasteiger partial charge is 0.384 e. The number of fused-ring (bicyclic) bond motifs is 1.